The third-order valence-electron chi connectivity index (χ3n) is 7.69. The highest BCUT2D eigenvalue weighted by atomic mass is 32.2. The lowest BCUT2D eigenvalue weighted by Crippen LogP contribution is -2.48. The van der Waals surface area contributed by atoms with E-state index < -0.39 is 10.0 Å². The molecule has 2 aliphatic carbocycles. The molecule has 3 aliphatic rings. The fourth-order valence-electron chi connectivity index (χ4n) is 6.01. The molecule has 1 aromatic rings. The Morgan fingerprint density at radius 3 is 2.61 bits per heavy atom. The first-order valence-electron chi connectivity index (χ1n) is 11.9. The number of carbonyl (C=O) groups is 1. The number of hydrogen-bond donors (Lipinski definition) is 2. The summed E-state index contributed by atoms with van der Waals surface area (Å²) in [4.78, 5) is 15.1. The average Bonchev–Trinajstić information content (AvgIpc) is 3.37. The molecule has 0 spiro atoms. The average molecular weight is 448 g/mol. The van der Waals surface area contributed by atoms with E-state index in [1.807, 2.05) is 19.1 Å². The minimum Gasteiger partial charge on any atom is -0.352 e. The van der Waals surface area contributed by atoms with Gasteiger partial charge in [-0.05, 0) is 88.3 Å². The highest BCUT2D eigenvalue weighted by Crippen LogP contribution is 2.49. The predicted molar refractivity (Wildman–Crippen MR) is 122 cm³/mol. The lowest BCUT2D eigenvalue weighted by atomic mass is 9.84. The van der Waals surface area contributed by atoms with Gasteiger partial charge in [0.25, 0.3) is 0 Å². The molecule has 172 valence electrons. The lowest BCUT2D eigenvalue weighted by molar-refractivity contribution is -0.123. The van der Waals surface area contributed by atoms with Crippen molar-refractivity contribution in [1.82, 2.24) is 14.9 Å². The van der Waals surface area contributed by atoms with Crippen molar-refractivity contribution in [3.63, 3.8) is 0 Å². The van der Waals surface area contributed by atoms with Crippen molar-refractivity contribution in [2.45, 2.75) is 63.3 Å². The van der Waals surface area contributed by atoms with Gasteiger partial charge >= 0.3 is 0 Å². The maximum Gasteiger partial charge on any atom is 0.240 e. The van der Waals surface area contributed by atoms with Crippen LogP contribution in [0.3, 0.4) is 0 Å². The molecule has 1 amide bonds. The van der Waals surface area contributed by atoms with Gasteiger partial charge in [-0.3, -0.25) is 9.69 Å². The molecular formula is C24H37N3O3S. The zero-order valence-electron chi connectivity index (χ0n) is 18.8. The fourth-order valence-corrected chi connectivity index (χ4v) is 7.12. The third-order valence-corrected chi connectivity index (χ3v) is 9.13. The SMILES string of the molecule is Cc1ccc(S(=O)(=O)NC[C@@H]2CCCN(CC(=O)N[C@@H](C)[C@@H]3C[C@H]4CC[C@H]3C4)C2)cc1. The van der Waals surface area contributed by atoms with Crippen LogP contribution in [0.5, 0.6) is 0 Å². The van der Waals surface area contributed by atoms with Gasteiger partial charge in [0.15, 0.2) is 0 Å². The van der Waals surface area contributed by atoms with E-state index in [-0.39, 0.29) is 17.9 Å². The van der Waals surface area contributed by atoms with Gasteiger partial charge in [0.1, 0.15) is 0 Å². The van der Waals surface area contributed by atoms with Crippen LogP contribution in [0.2, 0.25) is 0 Å². The molecule has 6 nitrogen and oxygen atoms in total. The topological polar surface area (TPSA) is 78.5 Å². The highest BCUT2D eigenvalue weighted by molar-refractivity contribution is 7.89. The van der Waals surface area contributed by atoms with E-state index in [0.717, 1.165) is 43.3 Å². The fraction of sp³-hybridized carbons (Fsp3) is 0.708. The number of piperidine rings is 1. The van der Waals surface area contributed by atoms with E-state index in [9.17, 15) is 13.2 Å². The summed E-state index contributed by atoms with van der Waals surface area (Å²) in [7, 11) is -3.49. The summed E-state index contributed by atoms with van der Waals surface area (Å²) in [6.07, 6.45) is 7.32. The predicted octanol–water partition coefficient (Wildman–Crippen LogP) is 2.93. The van der Waals surface area contributed by atoms with Crippen molar-refractivity contribution in [2.24, 2.45) is 23.7 Å². The van der Waals surface area contributed by atoms with Crippen LogP contribution in [0.4, 0.5) is 0 Å². The number of nitrogens with one attached hydrogen (secondary N) is 2. The smallest absolute Gasteiger partial charge is 0.240 e. The Bertz CT molecular complexity index is 871. The zero-order valence-corrected chi connectivity index (χ0v) is 19.7. The van der Waals surface area contributed by atoms with Crippen LogP contribution >= 0.6 is 0 Å². The molecule has 1 aromatic carbocycles. The number of hydrogen-bond acceptors (Lipinski definition) is 4. The number of fused-ring (bicyclic) bond motifs is 2. The second-order valence-corrected chi connectivity index (χ2v) is 11.9. The van der Waals surface area contributed by atoms with E-state index in [1.54, 1.807) is 12.1 Å². The van der Waals surface area contributed by atoms with Crippen molar-refractivity contribution in [3.05, 3.63) is 29.8 Å². The molecule has 4 rings (SSSR count). The molecule has 0 unspecified atom stereocenters. The van der Waals surface area contributed by atoms with Crippen LogP contribution in [-0.2, 0) is 14.8 Å². The van der Waals surface area contributed by atoms with Gasteiger partial charge in [-0.1, -0.05) is 24.1 Å². The summed E-state index contributed by atoms with van der Waals surface area (Å²) in [6, 6.07) is 7.17. The maximum atomic E-state index is 12.7. The van der Waals surface area contributed by atoms with Gasteiger partial charge in [0.05, 0.1) is 11.4 Å². The molecule has 7 heteroatoms. The van der Waals surface area contributed by atoms with Crippen LogP contribution in [-0.4, -0.2) is 51.4 Å². The third kappa shape index (κ3) is 5.68. The van der Waals surface area contributed by atoms with Crippen molar-refractivity contribution in [3.8, 4) is 0 Å². The van der Waals surface area contributed by atoms with E-state index in [2.05, 4.69) is 21.9 Å². The molecule has 2 N–H and O–H groups in total. The standard InChI is InChI=1S/C24H37N3O3S/c1-17-5-9-22(10-6-17)31(29,30)25-14-20-4-3-11-27(15-20)16-24(28)26-18(2)23-13-19-7-8-21(23)12-19/h5-6,9-10,18-21,23,25H,3-4,7-8,11-16H2,1-2H3,(H,26,28)/t18-,19-,20-,21-,23-/m0/s1. The molecule has 3 fully saturated rings. The molecule has 5 atom stereocenters. The molecule has 2 saturated carbocycles. The van der Waals surface area contributed by atoms with E-state index >= 15 is 0 Å². The van der Waals surface area contributed by atoms with Crippen molar-refractivity contribution in [2.75, 3.05) is 26.2 Å². The maximum absolute atomic E-state index is 12.7. The summed E-state index contributed by atoms with van der Waals surface area (Å²) in [5.41, 5.74) is 1.04. The minimum atomic E-state index is -3.49. The van der Waals surface area contributed by atoms with Crippen LogP contribution < -0.4 is 10.0 Å². The van der Waals surface area contributed by atoms with Crippen LogP contribution in [0, 0.1) is 30.6 Å². The Kier molecular flexibility index (Phi) is 7.04. The van der Waals surface area contributed by atoms with Gasteiger partial charge in [0, 0.05) is 19.1 Å². The van der Waals surface area contributed by atoms with Gasteiger partial charge in [-0.25, -0.2) is 13.1 Å². The van der Waals surface area contributed by atoms with Gasteiger partial charge in [-0.2, -0.15) is 0 Å². The summed E-state index contributed by atoms with van der Waals surface area (Å²) in [5.74, 6) is 2.68. The van der Waals surface area contributed by atoms with E-state index in [0.29, 0.717) is 23.9 Å². The summed E-state index contributed by atoms with van der Waals surface area (Å²) >= 11 is 0. The molecular weight excluding hydrogens is 410 g/mol. The van der Waals surface area contributed by atoms with Crippen LogP contribution in [0.15, 0.2) is 29.2 Å². The van der Waals surface area contributed by atoms with Gasteiger partial charge < -0.3 is 5.32 Å². The molecule has 0 aromatic heterocycles. The largest absolute Gasteiger partial charge is 0.352 e. The Morgan fingerprint density at radius 2 is 1.94 bits per heavy atom. The Labute approximate surface area is 187 Å². The van der Waals surface area contributed by atoms with Crippen LogP contribution in [0.25, 0.3) is 0 Å². The van der Waals surface area contributed by atoms with E-state index in [1.165, 1.54) is 25.7 Å². The summed E-state index contributed by atoms with van der Waals surface area (Å²) in [5, 5.41) is 3.26. The molecule has 2 bridgehead atoms. The van der Waals surface area contributed by atoms with Crippen molar-refractivity contribution >= 4 is 15.9 Å². The normalized spacial score (nSPS) is 29.7. The lowest BCUT2D eigenvalue weighted by Gasteiger charge is -2.33. The van der Waals surface area contributed by atoms with E-state index in [4.69, 9.17) is 0 Å². The summed E-state index contributed by atoms with van der Waals surface area (Å²) < 4.78 is 27.9. The molecule has 1 aliphatic heterocycles. The quantitative estimate of drug-likeness (QED) is 0.642. The Morgan fingerprint density at radius 1 is 1.16 bits per heavy atom. The second-order valence-electron chi connectivity index (χ2n) is 10.1. The number of carbonyl (C=O) groups excluding carboxylic acids is 1. The highest BCUT2D eigenvalue weighted by Gasteiger charge is 2.42. The van der Waals surface area contributed by atoms with Crippen molar-refractivity contribution in [1.29, 1.82) is 0 Å². The first kappa shape index (κ1) is 22.7. The Balaban J connectivity index is 1.23. The zero-order chi connectivity index (χ0) is 22.0. The van der Waals surface area contributed by atoms with Crippen molar-refractivity contribution < 1.29 is 13.2 Å². The number of amides is 1. The number of aryl methyl sites for hydroxylation is 1. The number of likely N-dealkylation sites (tertiary alicyclic amines) is 1. The number of benzene rings is 1. The van der Waals surface area contributed by atoms with Gasteiger partial charge in [0.2, 0.25) is 15.9 Å². The number of nitrogens with zero attached hydrogens (tertiary/aromatic N) is 1. The minimum absolute atomic E-state index is 0.108. The number of rotatable bonds is 8. The van der Waals surface area contributed by atoms with Crippen LogP contribution in [0.1, 0.15) is 51.0 Å². The first-order chi connectivity index (χ1) is 14.8. The molecule has 1 saturated heterocycles. The first-order valence-corrected chi connectivity index (χ1v) is 13.4. The Hall–Kier alpha value is -1.44. The molecule has 31 heavy (non-hydrogen) atoms. The second kappa shape index (κ2) is 9.59. The molecule has 0 radical (unpaired) electrons. The molecule has 1 heterocycles. The monoisotopic (exact) mass is 447 g/mol. The summed E-state index contributed by atoms with van der Waals surface area (Å²) in [6.45, 7) is 6.59. The number of sulfonamides is 1. The van der Waals surface area contributed by atoms with Gasteiger partial charge in [-0.15, -0.1) is 0 Å².